The molecule has 0 heterocycles. The first kappa shape index (κ1) is 15.9. The van der Waals surface area contributed by atoms with E-state index in [1.54, 1.807) is 0 Å². The molecule has 2 rings (SSSR count). The zero-order valence-corrected chi connectivity index (χ0v) is 11.8. The quantitative estimate of drug-likeness (QED) is 0.892. The molecule has 0 bridgehead atoms. The van der Waals surface area contributed by atoms with Crippen LogP contribution in [0.4, 0.5) is 14.5 Å². The third-order valence-electron chi connectivity index (χ3n) is 3.05. The molecule has 0 aliphatic carbocycles. The van der Waals surface area contributed by atoms with Crippen molar-refractivity contribution in [2.24, 2.45) is 0 Å². The largest absolute Gasteiger partial charge is 0.494 e. The third-order valence-corrected chi connectivity index (χ3v) is 3.05. The van der Waals surface area contributed by atoms with Gasteiger partial charge in [-0.1, -0.05) is 12.1 Å². The second-order valence-electron chi connectivity index (χ2n) is 4.67. The van der Waals surface area contributed by atoms with Gasteiger partial charge in [-0.2, -0.15) is 0 Å². The average Bonchev–Trinajstić information content (AvgIpc) is 2.49. The molecule has 116 valence electrons. The first-order valence-corrected chi connectivity index (χ1v) is 6.56. The van der Waals surface area contributed by atoms with E-state index in [1.165, 1.54) is 37.4 Å². The highest BCUT2D eigenvalue weighted by atomic mass is 19.1. The van der Waals surface area contributed by atoms with Crippen molar-refractivity contribution in [2.45, 2.75) is 12.5 Å². The first-order chi connectivity index (χ1) is 10.5. The number of anilines is 1. The lowest BCUT2D eigenvalue weighted by Crippen LogP contribution is -2.16. The molecule has 0 saturated heterocycles. The summed E-state index contributed by atoms with van der Waals surface area (Å²) in [7, 11) is 1.35. The number of carbonyl (C=O) groups excluding carboxylic acids is 1. The standard InChI is InChI=1S/C16H15F2NO3/c1-22-15-8-12(18)5-6-13(15)19-16(21)9-14(20)10-3-2-4-11(17)7-10/h2-8,14,20H,9H2,1H3,(H,19,21). The Morgan fingerprint density at radius 3 is 2.64 bits per heavy atom. The Bertz CT molecular complexity index is 676. The Morgan fingerprint density at radius 2 is 1.95 bits per heavy atom. The molecule has 0 spiro atoms. The lowest BCUT2D eigenvalue weighted by molar-refractivity contribution is -0.118. The van der Waals surface area contributed by atoms with Crippen LogP contribution in [-0.4, -0.2) is 18.1 Å². The third kappa shape index (κ3) is 4.02. The smallest absolute Gasteiger partial charge is 0.227 e. The summed E-state index contributed by atoms with van der Waals surface area (Å²) in [5, 5.41) is 12.5. The van der Waals surface area contributed by atoms with Crippen molar-refractivity contribution in [3.63, 3.8) is 0 Å². The summed E-state index contributed by atoms with van der Waals surface area (Å²) in [6, 6.07) is 9.07. The maximum absolute atomic E-state index is 13.1. The lowest BCUT2D eigenvalue weighted by Gasteiger charge is -2.13. The summed E-state index contributed by atoms with van der Waals surface area (Å²) in [4.78, 5) is 11.9. The van der Waals surface area contributed by atoms with Crippen molar-refractivity contribution in [2.75, 3.05) is 12.4 Å². The fraction of sp³-hybridized carbons (Fsp3) is 0.188. The minimum absolute atomic E-state index is 0.175. The Labute approximate surface area is 126 Å². The maximum atomic E-state index is 13.1. The number of rotatable bonds is 5. The van der Waals surface area contributed by atoms with Gasteiger partial charge in [0, 0.05) is 6.07 Å². The molecule has 0 saturated carbocycles. The minimum Gasteiger partial charge on any atom is -0.494 e. The predicted molar refractivity (Wildman–Crippen MR) is 77.6 cm³/mol. The summed E-state index contributed by atoms with van der Waals surface area (Å²) in [5.41, 5.74) is 0.599. The van der Waals surface area contributed by atoms with Crippen molar-refractivity contribution < 1.29 is 23.4 Å². The van der Waals surface area contributed by atoms with Crippen LogP contribution in [-0.2, 0) is 4.79 Å². The highest BCUT2D eigenvalue weighted by Gasteiger charge is 2.15. The molecular weight excluding hydrogens is 292 g/mol. The average molecular weight is 307 g/mol. The zero-order valence-electron chi connectivity index (χ0n) is 11.8. The van der Waals surface area contributed by atoms with Crippen LogP contribution in [0, 0.1) is 11.6 Å². The van der Waals surface area contributed by atoms with Crippen molar-refractivity contribution in [3.05, 3.63) is 59.7 Å². The second-order valence-corrected chi connectivity index (χ2v) is 4.67. The van der Waals surface area contributed by atoms with Crippen LogP contribution in [0.25, 0.3) is 0 Å². The number of aliphatic hydroxyl groups is 1. The Kier molecular flexibility index (Phi) is 5.06. The van der Waals surface area contributed by atoms with E-state index in [2.05, 4.69) is 5.32 Å². The topological polar surface area (TPSA) is 58.6 Å². The molecule has 22 heavy (non-hydrogen) atoms. The van der Waals surface area contributed by atoms with E-state index in [0.29, 0.717) is 11.3 Å². The SMILES string of the molecule is COc1cc(F)ccc1NC(=O)CC(O)c1cccc(F)c1. The van der Waals surface area contributed by atoms with Gasteiger partial charge in [0.2, 0.25) is 5.91 Å². The monoisotopic (exact) mass is 307 g/mol. The second kappa shape index (κ2) is 7.00. The molecule has 0 aliphatic rings. The minimum atomic E-state index is -1.14. The number of aliphatic hydroxyl groups excluding tert-OH is 1. The van der Waals surface area contributed by atoms with Crippen LogP contribution in [0.1, 0.15) is 18.1 Å². The molecule has 2 aromatic carbocycles. The molecule has 1 atom stereocenters. The molecule has 2 aromatic rings. The highest BCUT2D eigenvalue weighted by molar-refractivity contribution is 5.92. The van der Waals surface area contributed by atoms with Gasteiger partial charge in [0.15, 0.2) is 0 Å². The maximum Gasteiger partial charge on any atom is 0.227 e. The van der Waals surface area contributed by atoms with E-state index in [4.69, 9.17) is 4.74 Å². The number of halogens is 2. The van der Waals surface area contributed by atoms with Crippen LogP contribution >= 0.6 is 0 Å². The summed E-state index contributed by atoms with van der Waals surface area (Å²) in [6.07, 6.45) is -1.40. The number of hydrogen-bond donors (Lipinski definition) is 2. The predicted octanol–water partition coefficient (Wildman–Crippen LogP) is 3.04. The van der Waals surface area contributed by atoms with Crippen molar-refractivity contribution in [3.8, 4) is 5.75 Å². The molecule has 2 N–H and O–H groups in total. The molecule has 0 aromatic heterocycles. The molecule has 0 fully saturated rings. The van der Waals surface area contributed by atoms with E-state index in [0.717, 1.165) is 12.1 Å². The van der Waals surface area contributed by atoms with Crippen LogP contribution in [0.3, 0.4) is 0 Å². The Morgan fingerprint density at radius 1 is 1.23 bits per heavy atom. The van der Waals surface area contributed by atoms with E-state index < -0.39 is 23.6 Å². The molecule has 0 aliphatic heterocycles. The Hall–Kier alpha value is -2.47. The van der Waals surface area contributed by atoms with Gasteiger partial charge >= 0.3 is 0 Å². The number of hydrogen-bond acceptors (Lipinski definition) is 3. The van der Waals surface area contributed by atoms with Gasteiger partial charge in [-0.15, -0.1) is 0 Å². The van der Waals surface area contributed by atoms with Gasteiger partial charge in [0.25, 0.3) is 0 Å². The molecule has 1 unspecified atom stereocenters. The Balaban J connectivity index is 2.04. The summed E-state index contributed by atoms with van der Waals surface area (Å²) >= 11 is 0. The van der Waals surface area contributed by atoms with Crippen LogP contribution in [0.2, 0.25) is 0 Å². The molecule has 6 heteroatoms. The number of nitrogens with one attached hydrogen (secondary N) is 1. The first-order valence-electron chi connectivity index (χ1n) is 6.56. The van der Waals surface area contributed by atoms with Crippen LogP contribution in [0.5, 0.6) is 5.75 Å². The van der Waals surface area contributed by atoms with E-state index in [-0.39, 0.29) is 12.2 Å². The van der Waals surface area contributed by atoms with E-state index in [9.17, 15) is 18.7 Å². The van der Waals surface area contributed by atoms with Crippen molar-refractivity contribution in [1.29, 1.82) is 0 Å². The number of ether oxygens (including phenoxy) is 1. The van der Waals surface area contributed by atoms with Gasteiger partial charge in [-0.3, -0.25) is 4.79 Å². The van der Waals surface area contributed by atoms with Crippen molar-refractivity contribution in [1.82, 2.24) is 0 Å². The summed E-state index contributed by atoms with van der Waals surface area (Å²) < 4.78 is 31.1. The van der Waals surface area contributed by atoms with Gasteiger partial charge in [-0.25, -0.2) is 8.78 Å². The number of methoxy groups -OCH3 is 1. The van der Waals surface area contributed by atoms with E-state index in [1.807, 2.05) is 0 Å². The lowest BCUT2D eigenvalue weighted by atomic mass is 10.1. The number of amides is 1. The van der Waals surface area contributed by atoms with Gasteiger partial charge < -0.3 is 15.2 Å². The van der Waals surface area contributed by atoms with Gasteiger partial charge in [0.05, 0.1) is 25.3 Å². The summed E-state index contributed by atoms with van der Waals surface area (Å²) in [5.74, 6) is -1.30. The van der Waals surface area contributed by atoms with Crippen LogP contribution in [0.15, 0.2) is 42.5 Å². The zero-order chi connectivity index (χ0) is 16.1. The molecule has 4 nitrogen and oxygen atoms in total. The normalized spacial score (nSPS) is 11.8. The molecule has 1 amide bonds. The fourth-order valence-electron chi connectivity index (χ4n) is 1.98. The molecule has 0 radical (unpaired) electrons. The summed E-state index contributed by atoms with van der Waals surface area (Å²) in [6.45, 7) is 0. The van der Waals surface area contributed by atoms with Crippen molar-refractivity contribution >= 4 is 11.6 Å². The number of carbonyl (C=O) groups is 1. The molecular formula is C16H15F2NO3. The van der Waals surface area contributed by atoms with Crippen LogP contribution < -0.4 is 10.1 Å². The van der Waals surface area contributed by atoms with Gasteiger partial charge in [0.1, 0.15) is 17.4 Å². The number of benzene rings is 2. The van der Waals surface area contributed by atoms with Gasteiger partial charge in [-0.05, 0) is 29.8 Å². The highest BCUT2D eigenvalue weighted by Crippen LogP contribution is 2.26. The fourth-order valence-corrected chi connectivity index (χ4v) is 1.98. The van der Waals surface area contributed by atoms with E-state index >= 15 is 0 Å².